The van der Waals surface area contributed by atoms with Crippen LogP contribution in [-0.2, 0) is 0 Å². The van der Waals surface area contributed by atoms with Gasteiger partial charge in [-0.05, 0) is 36.8 Å². The summed E-state index contributed by atoms with van der Waals surface area (Å²) < 4.78 is 5.25. The molecule has 0 amide bonds. The summed E-state index contributed by atoms with van der Waals surface area (Å²) in [7, 11) is 0. The van der Waals surface area contributed by atoms with Crippen LogP contribution in [-0.4, -0.2) is 23.2 Å². The van der Waals surface area contributed by atoms with Crippen molar-refractivity contribution in [3.05, 3.63) is 5.89 Å². The molecule has 0 radical (unpaired) electrons. The normalized spacial score (nSPS) is 18.7. The molecule has 5 heteroatoms. The lowest BCUT2D eigenvalue weighted by Gasteiger charge is -2.24. The Labute approximate surface area is 102 Å². The number of rotatable bonds is 4. The van der Waals surface area contributed by atoms with Crippen LogP contribution in [0.5, 0.6) is 0 Å². The molecule has 0 spiro atoms. The van der Waals surface area contributed by atoms with Gasteiger partial charge in [-0.15, -0.1) is 0 Å². The molecule has 2 heterocycles. The summed E-state index contributed by atoms with van der Waals surface area (Å²) in [5.74, 6) is 1.81. The van der Waals surface area contributed by atoms with Crippen molar-refractivity contribution < 1.29 is 4.52 Å². The molecular weight excluding hydrogens is 216 g/mol. The van der Waals surface area contributed by atoms with E-state index in [4.69, 9.17) is 10.3 Å². The minimum Gasteiger partial charge on any atom is -0.338 e. The predicted molar refractivity (Wildman–Crippen MR) is 66.7 cm³/mol. The Kier molecular flexibility index (Phi) is 3.99. The summed E-state index contributed by atoms with van der Waals surface area (Å²) in [5.41, 5.74) is 6.02. The molecular formula is C12H22N4O. The van der Waals surface area contributed by atoms with Crippen molar-refractivity contribution in [2.45, 2.75) is 45.6 Å². The van der Waals surface area contributed by atoms with E-state index in [1.807, 2.05) is 0 Å². The Morgan fingerprint density at radius 1 is 1.29 bits per heavy atom. The average Bonchev–Trinajstić information content (AvgIpc) is 2.78. The minimum absolute atomic E-state index is 0.138. The van der Waals surface area contributed by atoms with Gasteiger partial charge in [0.15, 0.2) is 0 Å². The lowest BCUT2D eigenvalue weighted by atomic mass is 10.0. The van der Waals surface area contributed by atoms with Gasteiger partial charge in [0.2, 0.25) is 5.89 Å². The van der Waals surface area contributed by atoms with Crippen molar-refractivity contribution in [1.82, 2.24) is 10.1 Å². The van der Waals surface area contributed by atoms with Crippen molar-refractivity contribution in [3.8, 4) is 0 Å². The minimum atomic E-state index is -0.138. The molecule has 17 heavy (non-hydrogen) atoms. The Hall–Kier alpha value is -1.10. The van der Waals surface area contributed by atoms with Crippen molar-refractivity contribution in [1.29, 1.82) is 0 Å². The standard InChI is InChI=1S/C12H22N4O/c1-9(2)8-10(13)11-14-12(15-17-11)16-6-4-3-5-7-16/h9-10H,3-8,13H2,1-2H3. The maximum atomic E-state index is 6.02. The number of aromatic nitrogens is 2. The Morgan fingerprint density at radius 3 is 2.65 bits per heavy atom. The first kappa shape index (κ1) is 12.4. The molecule has 0 saturated carbocycles. The molecule has 96 valence electrons. The fraction of sp³-hybridized carbons (Fsp3) is 0.833. The lowest BCUT2D eigenvalue weighted by molar-refractivity contribution is 0.334. The summed E-state index contributed by atoms with van der Waals surface area (Å²) in [6.45, 7) is 6.33. The van der Waals surface area contributed by atoms with Crippen LogP contribution in [0.2, 0.25) is 0 Å². The summed E-state index contributed by atoms with van der Waals surface area (Å²) >= 11 is 0. The van der Waals surface area contributed by atoms with E-state index < -0.39 is 0 Å². The number of nitrogens with two attached hydrogens (primary N) is 1. The van der Waals surface area contributed by atoms with Gasteiger partial charge >= 0.3 is 0 Å². The van der Waals surface area contributed by atoms with Crippen molar-refractivity contribution in [3.63, 3.8) is 0 Å². The molecule has 0 aromatic carbocycles. The molecule has 1 aromatic heterocycles. The third kappa shape index (κ3) is 3.19. The number of anilines is 1. The second kappa shape index (κ2) is 5.49. The van der Waals surface area contributed by atoms with Crippen LogP contribution in [0, 0.1) is 5.92 Å². The van der Waals surface area contributed by atoms with E-state index in [0.717, 1.165) is 19.5 Å². The van der Waals surface area contributed by atoms with E-state index in [-0.39, 0.29) is 6.04 Å². The van der Waals surface area contributed by atoms with E-state index in [1.54, 1.807) is 0 Å². The molecule has 1 atom stereocenters. The average molecular weight is 238 g/mol. The highest BCUT2D eigenvalue weighted by molar-refractivity contribution is 5.28. The third-order valence-corrected chi connectivity index (χ3v) is 3.11. The van der Waals surface area contributed by atoms with Crippen molar-refractivity contribution >= 4 is 5.95 Å². The Morgan fingerprint density at radius 2 is 2.00 bits per heavy atom. The second-order valence-corrected chi connectivity index (χ2v) is 5.22. The summed E-state index contributed by atoms with van der Waals surface area (Å²) in [6.07, 6.45) is 4.60. The van der Waals surface area contributed by atoms with Crippen LogP contribution >= 0.6 is 0 Å². The molecule has 0 aliphatic carbocycles. The van der Waals surface area contributed by atoms with Gasteiger partial charge in [-0.25, -0.2) is 0 Å². The maximum Gasteiger partial charge on any atom is 0.266 e. The van der Waals surface area contributed by atoms with E-state index in [0.29, 0.717) is 17.8 Å². The van der Waals surface area contributed by atoms with Gasteiger partial charge in [0, 0.05) is 13.1 Å². The van der Waals surface area contributed by atoms with Crippen LogP contribution in [0.3, 0.4) is 0 Å². The maximum absolute atomic E-state index is 6.02. The Bertz CT molecular complexity index is 344. The first-order chi connectivity index (χ1) is 8.16. The molecule has 0 bridgehead atoms. The zero-order valence-electron chi connectivity index (χ0n) is 10.7. The van der Waals surface area contributed by atoms with Crippen LogP contribution in [0.1, 0.15) is 51.5 Å². The highest BCUT2D eigenvalue weighted by Gasteiger charge is 2.20. The van der Waals surface area contributed by atoms with Gasteiger partial charge in [0.1, 0.15) is 0 Å². The smallest absolute Gasteiger partial charge is 0.266 e. The third-order valence-electron chi connectivity index (χ3n) is 3.11. The molecule has 5 nitrogen and oxygen atoms in total. The van der Waals surface area contributed by atoms with E-state index in [2.05, 4.69) is 28.9 Å². The van der Waals surface area contributed by atoms with Crippen LogP contribution < -0.4 is 10.6 Å². The molecule has 1 unspecified atom stereocenters. The molecule has 1 aliphatic rings. The number of hydrogen-bond donors (Lipinski definition) is 1. The first-order valence-electron chi connectivity index (χ1n) is 6.51. The van der Waals surface area contributed by atoms with Gasteiger partial charge in [0.25, 0.3) is 5.95 Å². The number of hydrogen-bond acceptors (Lipinski definition) is 5. The van der Waals surface area contributed by atoms with Gasteiger partial charge in [-0.3, -0.25) is 0 Å². The molecule has 1 aliphatic heterocycles. The summed E-state index contributed by atoms with van der Waals surface area (Å²) in [6, 6.07) is -0.138. The van der Waals surface area contributed by atoms with Crippen LogP contribution in [0.4, 0.5) is 5.95 Å². The van der Waals surface area contributed by atoms with E-state index in [1.165, 1.54) is 19.3 Å². The highest BCUT2D eigenvalue weighted by Crippen LogP contribution is 2.21. The van der Waals surface area contributed by atoms with Crippen molar-refractivity contribution in [2.24, 2.45) is 11.7 Å². The molecule has 1 aromatic rings. The SMILES string of the molecule is CC(C)CC(N)c1nc(N2CCCCC2)no1. The zero-order chi connectivity index (χ0) is 12.3. The Balaban J connectivity index is 1.99. The zero-order valence-corrected chi connectivity index (χ0v) is 10.7. The van der Waals surface area contributed by atoms with E-state index in [9.17, 15) is 0 Å². The molecule has 1 fully saturated rings. The molecule has 2 rings (SSSR count). The monoisotopic (exact) mass is 238 g/mol. The topological polar surface area (TPSA) is 68.2 Å². The van der Waals surface area contributed by atoms with Gasteiger partial charge in [-0.1, -0.05) is 13.8 Å². The molecule has 2 N–H and O–H groups in total. The summed E-state index contributed by atoms with van der Waals surface area (Å²) in [4.78, 5) is 6.59. The lowest BCUT2D eigenvalue weighted by Crippen LogP contribution is -2.30. The molecule has 1 saturated heterocycles. The second-order valence-electron chi connectivity index (χ2n) is 5.22. The highest BCUT2D eigenvalue weighted by atomic mass is 16.5. The van der Waals surface area contributed by atoms with Crippen LogP contribution in [0.15, 0.2) is 4.52 Å². The van der Waals surface area contributed by atoms with Crippen LogP contribution in [0.25, 0.3) is 0 Å². The van der Waals surface area contributed by atoms with E-state index >= 15 is 0 Å². The summed E-state index contributed by atoms with van der Waals surface area (Å²) in [5, 5.41) is 4.03. The first-order valence-corrected chi connectivity index (χ1v) is 6.51. The largest absolute Gasteiger partial charge is 0.338 e. The fourth-order valence-electron chi connectivity index (χ4n) is 2.21. The van der Waals surface area contributed by atoms with Crippen molar-refractivity contribution in [2.75, 3.05) is 18.0 Å². The van der Waals surface area contributed by atoms with Gasteiger partial charge in [-0.2, -0.15) is 4.98 Å². The quantitative estimate of drug-likeness (QED) is 0.870. The van der Waals surface area contributed by atoms with Gasteiger partial charge in [0.05, 0.1) is 6.04 Å². The number of piperidine rings is 1. The predicted octanol–water partition coefficient (Wildman–Crippen LogP) is 2.11. The fourth-order valence-corrected chi connectivity index (χ4v) is 2.21. The number of nitrogens with zero attached hydrogens (tertiary/aromatic N) is 3. The van der Waals surface area contributed by atoms with Gasteiger partial charge < -0.3 is 15.2 Å².